The Labute approximate surface area is 215 Å². The molecule has 0 spiro atoms. The Bertz CT molecular complexity index is 840. The minimum absolute atomic E-state index is 0.301. The van der Waals surface area contributed by atoms with Gasteiger partial charge in [0.1, 0.15) is 17.7 Å². The SMILES string of the molecule is CCCC(NC(=O)[C@@H]1CC(C)(C)CN1C(=O)[C@@H](NC(=O)OC(C)(C)C)C(C)(C)C)C(=O)C(=O)NCC. The van der Waals surface area contributed by atoms with Gasteiger partial charge in [-0.1, -0.05) is 48.0 Å². The lowest BCUT2D eigenvalue weighted by Gasteiger charge is -2.36. The summed E-state index contributed by atoms with van der Waals surface area (Å²) in [6.45, 7) is 18.8. The molecular formula is C26H46N4O6. The summed E-state index contributed by atoms with van der Waals surface area (Å²) in [4.78, 5) is 65.9. The van der Waals surface area contributed by atoms with Crippen molar-refractivity contribution in [3.05, 3.63) is 0 Å². The minimum atomic E-state index is -0.979. The third kappa shape index (κ3) is 9.09. The van der Waals surface area contributed by atoms with Crippen molar-refractivity contribution in [2.75, 3.05) is 13.1 Å². The number of rotatable bonds is 9. The summed E-state index contributed by atoms with van der Waals surface area (Å²) in [6, 6.07) is -2.77. The molecule has 0 aromatic rings. The lowest BCUT2D eigenvalue weighted by molar-refractivity contribution is -0.144. The molecule has 0 aromatic heterocycles. The first kappa shape index (κ1) is 31.4. The molecule has 206 valence electrons. The highest BCUT2D eigenvalue weighted by Gasteiger charge is 2.48. The summed E-state index contributed by atoms with van der Waals surface area (Å²) in [7, 11) is 0. The predicted octanol–water partition coefficient (Wildman–Crippen LogP) is 2.54. The average Bonchev–Trinajstić information content (AvgIpc) is 3.04. The largest absolute Gasteiger partial charge is 0.444 e. The van der Waals surface area contributed by atoms with Crippen LogP contribution in [0.1, 0.15) is 88.5 Å². The summed E-state index contributed by atoms with van der Waals surface area (Å²) in [5.74, 6) is -2.34. The maximum Gasteiger partial charge on any atom is 0.408 e. The van der Waals surface area contributed by atoms with Gasteiger partial charge in [-0.2, -0.15) is 0 Å². The Hall–Kier alpha value is -2.65. The lowest BCUT2D eigenvalue weighted by atomic mass is 9.85. The summed E-state index contributed by atoms with van der Waals surface area (Å²) in [5, 5.41) is 7.89. The fourth-order valence-corrected chi connectivity index (χ4v) is 4.21. The molecule has 10 nitrogen and oxygen atoms in total. The van der Waals surface area contributed by atoms with Crippen LogP contribution in [0, 0.1) is 10.8 Å². The van der Waals surface area contributed by atoms with Crippen LogP contribution in [0.5, 0.6) is 0 Å². The number of amides is 4. The number of nitrogens with one attached hydrogen (secondary N) is 3. The molecule has 1 aliphatic rings. The fraction of sp³-hybridized carbons (Fsp3) is 0.808. The molecule has 0 saturated carbocycles. The van der Waals surface area contributed by atoms with Gasteiger partial charge in [0.2, 0.25) is 17.6 Å². The maximum atomic E-state index is 13.8. The number of alkyl carbamates (subject to hydrolysis) is 1. The second-order valence-corrected chi connectivity index (χ2v) is 12.4. The van der Waals surface area contributed by atoms with E-state index in [-0.39, 0.29) is 5.41 Å². The molecule has 0 bridgehead atoms. The van der Waals surface area contributed by atoms with Crippen molar-refractivity contribution in [1.29, 1.82) is 0 Å². The van der Waals surface area contributed by atoms with E-state index in [9.17, 15) is 24.0 Å². The van der Waals surface area contributed by atoms with Crippen molar-refractivity contribution in [3.8, 4) is 0 Å². The standard InChI is InChI=1S/C26H46N4O6/c1-11-13-16(18(31)21(33)27-12-2)28-20(32)17-14-26(9,10)15-30(17)22(34)19(24(3,4)5)29-23(35)36-25(6,7)8/h16-17,19H,11-15H2,1-10H3,(H,27,33)(H,28,32)(H,29,35)/t16?,17-,19+/m0/s1. The van der Waals surface area contributed by atoms with Crippen LogP contribution in [0.25, 0.3) is 0 Å². The molecule has 36 heavy (non-hydrogen) atoms. The molecule has 1 heterocycles. The van der Waals surface area contributed by atoms with Crippen molar-refractivity contribution >= 4 is 29.6 Å². The van der Waals surface area contributed by atoms with Crippen molar-refractivity contribution in [1.82, 2.24) is 20.9 Å². The Morgan fingerprint density at radius 2 is 1.58 bits per heavy atom. The van der Waals surface area contributed by atoms with Crippen molar-refractivity contribution < 1.29 is 28.7 Å². The summed E-state index contributed by atoms with van der Waals surface area (Å²) in [6.07, 6.45) is 0.546. The normalized spacial score (nSPS) is 19.2. The number of carbonyl (C=O) groups is 5. The molecule has 4 amide bonds. The van der Waals surface area contributed by atoms with Crippen LogP contribution in [-0.4, -0.2) is 71.3 Å². The Balaban J connectivity index is 3.21. The number of hydrogen-bond donors (Lipinski definition) is 3. The number of ketones is 1. The monoisotopic (exact) mass is 510 g/mol. The molecule has 3 N–H and O–H groups in total. The zero-order chi connectivity index (χ0) is 28.1. The van der Waals surface area contributed by atoms with E-state index >= 15 is 0 Å². The quantitative estimate of drug-likeness (QED) is 0.408. The smallest absolute Gasteiger partial charge is 0.408 e. The average molecular weight is 511 g/mol. The number of nitrogens with zero attached hydrogens (tertiary/aromatic N) is 1. The number of carbonyl (C=O) groups excluding carboxylic acids is 5. The Morgan fingerprint density at radius 3 is 2.06 bits per heavy atom. The molecule has 1 rings (SSSR count). The van der Waals surface area contributed by atoms with Gasteiger partial charge in [0.15, 0.2) is 0 Å². The van der Waals surface area contributed by atoms with Crippen molar-refractivity contribution in [2.45, 2.75) is 112 Å². The third-order valence-corrected chi connectivity index (χ3v) is 5.85. The number of likely N-dealkylation sites (tertiary alicyclic amines) is 1. The maximum absolute atomic E-state index is 13.8. The van der Waals surface area contributed by atoms with Gasteiger partial charge in [-0.15, -0.1) is 0 Å². The van der Waals surface area contributed by atoms with Crippen LogP contribution in [0.3, 0.4) is 0 Å². The van der Waals surface area contributed by atoms with E-state index in [4.69, 9.17) is 4.74 Å². The minimum Gasteiger partial charge on any atom is -0.444 e. The van der Waals surface area contributed by atoms with Gasteiger partial charge in [-0.3, -0.25) is 19.2 Å². The highest BCUT2D eigenvalue weighted by molar-refractivity contribution is 6.38. The molecule has 10 heteroatoms. The number of ether oxygens (including phenoxy) is 1. The van der Waals surface area contributed by atoms with Crippen LogP contribution in [-0.2, 0) is 23.9 Å². The molecule has 0 aliphatic carbocycles. The van der Waals surface area contributed by atoms with Gasteiger partial charge < -0.3 is 25.6 Å². The van der Waals surface area contributed by atoms with Crippen molar-refractivity contribution in [3.63, 3.8) is 0 Å². The van der Waals surface area contributed by atoms with E-state index in [1.165, 1.54) is 4.90 Å². The molecule has 1 aliphatic heterocycles. The molecular weight excluding hydrogens is 464 g/mol. The topological polar surface area (TPSA) is 134 Å². The summed E-state index contributed by atoms with van der Waals surface area (Å²) >= 11 is 0. The molecule has 3 atom stereocenters. The van der Waals surface area contributed by atoms with Gasteiger partial charge in [0.25, 0.3) is 5.91 Å². The number of hydrogen-bond acceptors (Lipinski definition) is 6. The van der Waals surface area contributed by atoms with Crippen molar-refractivity contribution in [2.24, 2.45) is 10.8 Å². The first-order chi connectivity index (χ1) is 16.3. The van der Waals surface area contributed by atoms with E-state index in [1.807, 2.05) is 41.5 Å². The van der Waals surface area contributed by atoms with E-state index < -0.39 is 58.7 Å². The summed E-state index contributed by atoms with van der Waals surface area (Å²) in [5.41, 5.74) is -1.77. The van der Waals surface area contributed by atoms with E-state index in [1.54, 1.807) is 27.7 Å². The van der Waals surface area contributed by atoms with Crippen LogP contribution in [0.2, 0.25) is 0 Å². The molecule has 1 saturated heterocycles. The van der Waals surface area contributed by atoms with E-state index in [0.29, 0.717) is 32.4 Å². The second kappa shape index (κ2) is 12.1. The lowest BCUT2D eigenvalue weighted by Crippen LogP contribution is -2.59. The van der Waals surface area contributed by atoms with E-state index in [0.717, 1.165) is 0 Å². The Kier molecular flexibility index (Phi) is 10.5. The number of Topliss-reactive ketones (excluding diaryl/α,β-unsaturated/α-hetero) is 1. The zero-order valence-corrected chi connectivity index (χ0v) is 23.7. The van der Waals surface area contributed by atoms with E-state index in [2.05, 4.69) is 16.0 Å². The van der Waals surface area contributed by atoms with Crippen LogP contribution < -0.4 is 16.0 Å². The van der Waals surface area contributed by atoms with Gasteiger partial charge in [0.05, 0.1) is 6.04 Å². The van der Waals surface area contributed by atoms with Crippen LogP contribution in [0.15, 0.2) is 0 Å². The molecule has 1 fully saturated rings. The first-order valence-corrected chi connectivity index (χ1v) is 12.8. The highest BCUT2D eigenvalue weighted by atomic mass is 16.6. The fourth-order valence-electron chi connectivity index (χ4n) is 4.21. The van der Waals surface area contributed by atoms with Gasteiger partial charge >= 0.3 is 6.09 Å². The Morgan fingerprint density at radius 1 is 1.00 bits per heavy atom. The predicted molar refractivity (Wildman–Crippen MR) is 137 cm³/mol. The van der Waals surface area contributed by atoms with Gasteiger partial charge in [-0.25, -0.2) is 4.79 Å². The molecule has 0 aromatic carbocycles. The summed E-state index contributed by atoms with van der Waals surface area (Å²) < 4.78 is 5.36. The first-order valence-electron chi connectivity index (χ1n) is 12.8. The second-order valence-electron chi connectivity index (χ2n) is 12.4. The van der Waals surface area contributed by atoms with Gasteiger partial charge in [-0.05, 0) is 51.4 Å². The molecule has 0 radical (unpaired) electrons. The van der Waals surface area contributed by atoms with Crippen LogP contribution in [0.4, 0.5) is 4.79 Å². The molecule has 1 unspecified atom stereocenters. The highest BCUT2D eigenvalue weighted by Crippen LogP contribution is 2.36. The zero-order valence-electron chi connectivity index (χ0n) is 23.7. The van der Waals surface area contributed by atoms with Gasteiger partial charge in [0, 0.05) is 13.1 Å². The number of likely N-dealkylation sites (N-methyl/N-ethyl adjacent to an activating group) is 1. The van der Waals surface area contributed by atoms with Crippen LogP contribution >= 0.6 is 0 Å². The third-order valence-electron chi connectivity index (χ3n) is 5.85.